The molecule has 7 heteroatoms. The number of nitrogens with zero attached hydrogens (tertiary/aromatic N) is 3. The second-order valence-electron chi connectivity index (χ2n) is 8.21. The molecule has 2 aromatic rings. The van der Waals surface area contributed by atoms with Gasteiger partial charge in [0.1, 0.15) is 5.75 Å². The van der Waals surface area contributed by atoms with Gasteiger partial charge >= 0.3 is 0 Å². The molecule has 0 radical (unpaired) electrons. The predicted octanol–water partition coefficient (Wildman–Crippen LogP) is 2.91. The number of amides is 2. The van der Waals surface area contributed by atoms with E-state index in [0.717, 1.165) is 56.1 Å². The number of ether oxygens (including phenoxy) is 1. The van der Waals surface area contributed by atoms with Gasteiger partial charge in [-0.3, -0.25) is 9.59 Å². The number of anilines is 1. The Balaban J connectivity index is 1.35. The van der Waals surface area contributed by atoms with E-state index < -0.39 is 0 Å². The first-order chi connectivity index (χ1) is 14.5. The fourth-order valence-corrected chi connectivity index (χ4v) is 5.53. The summed E-state index contributed by atoms with van der Waals surface area (Å²) in [5.74, 6) is 1.20. The minimum Gasteiger partial charge on any atom is -0.497 e. The van der Waals surface area contributed by atoms with E-state index >= 15 is 0 Å². The first-order valence-corrected chi connectivity index (χ1v) is 11.3. The van der Waals surface area contributed by atoms with E-state index in [1.165, 1.54) is 16.1 Å². The Morgan fingerprint density at radius 1 is 1.10 bits per heavy atom. The quantitative estimate of drug-likeness (QED) is 0.753. The smallest absolute Gasteiger partial charge is 0.263 e. The van der Waals surface area contributed by atoms with Gasteiger partial charge in [0.15, 0.2) is 0 Å². The van der Waals surface area contributed by atoms with Crippen molar-refractivity contribution < 1.29 is 14.3 Å². The third kappa shape index (κ3) is 4.17. The molecule has 2 aliphatic rings. The first kappa shape index (κ1) is 20.7. The van der Waals surface area contributed by atoms with Crippen molar-refractivity contribution in [1.29, 1.82) is 0 Å². The summed E-state index contributed by atoms with van der Waals surface area (Å²) in [5.41, 5.74) is 2.35. The number of piperazine rings is 1. The highest BCUT2D eigenvalue weighted by Gasteiger charge is 2.32. The highest BCUT2D eigenvalue weighted by molar-refractivity contribution is 7.14. The van der Waals surface area contributed by atoms with Crippen LogP contribution in [0.4, 0.5) is 5.69 Å². The number of aryl methyl sites for hydroxylation is 1. The standard InChI is InChI=1S/C23H29N3O3S/c1-24(2)23(28)21-15-17-14-16(4-9-20(17)30-21)22(27)26-12-10-25(11-13-26)18-5-7-19(29-3)8-6-18/h5-8,15-16H,4,9-14H2,1-3H3. The van der Waals surface area contributed by atoms with Gasteiger partial charge in [0.05, 0.1) is 12.0 Å². The lowest BCUT2D eigenvalue weighted by molar-refractivity contribution is -0.136. The fraction of sp³-hybridized carbons (Fsp3) is 0.478. The normalized spacial score (nSPS) is 18.7. The van der Waals surface area contributed by atoms with E-state index in [2.05, 4.69) is 17.0 Å². The van der Waals surface area contributed by atoms with E-state index in [1.54, 1.807) is 37.4 Å². The second kappa shape index (κ2) is 8.68. The molecule has 160 valence electrons. The average Bonchev–Trinajstić information content (AvgIpc) is 3.21. The van der Waals surface area contributed by atoms with Gasteiger partial charge < -0.3 is 19.4 Å². The maximum Gasteiger partial charge on any atom is 0.263 e. The zero-order valence-corrected chi connectivity index (χ0v) is 18.7. The molecule has 0 saturated carbocycles. The molecule has 2 amide bonds. The number of hydrogen-bond donors (Lipinski definition) is 0. The van der Waals surface area contributed by atoms with Crippen LogP contribution in [0.5, 0.6) is 5.75 Å². The zero-order chi connectivity index (χ0) is 21.3. The molecule has 1 aromatic heterocycles. The van der Waals surface area contributed by atoms with Crippen molar-refractivity contribution in [3.8, 4) is 5.75 Å². The van der Waals surface area contributed by atoms with E-state index in [-0.39, 0.29) is 17.7 Å². The van der Waals surface area contributed by atoms with Crippen LogP contribution in [0.15, 0.2) is 30.3 Å². The van der Waals surface area contributed by atoms with Crippen LogP contribution in [0.25, 0.3) is 0 Å². The molecule has 1 atom stereocenters. The van der Waals surface area contributed by atoms with Gasteiger partial charge in [-0.15, -0.1) is 11.3 Å². The lowest BCUT2D eigenvalue weighted by Gasteiger charge is -2.38. The number of carbonyl (C=O) groups excluding carboxylic acids is 2. The summed E-state index contributed by atoms with van der Waals surface area (Å²) < 4.78 is 5.23. The van der Waals surface area contributed by atoms with E-state index in [4.69, 9.17) is 4.74 Å². The highest BCUT2D eigenvalue weighted by Crippen LogP contribution is 2.34. The lowest BCUT2D eigenvalue weighted by atomic mass is 9.87. The number of hydrogen-bond acceptors (Lipinski definition) is 5. The second-order valence-corrected chi connectivity index (χ2v) is 9.35. The minimum atomic E-state index is 0.0296. The first-order valence-electron chi connectivity index (χ1n) is 10.5. The zero-order valence-electron chi connectivity index (χ0n) is 17.9. The van der Waals surface area contributed by atoms with Gasteiger partial charge in [0.25, 0.3) is 5.91 Å². The van der Waals surface area contributed by atoms with Gasteiger partial charge in [-0.25, -0.2) is 0 Å². The van der Waals surface area contributed by atoms with Crippen LogP contribution in [-0.2, 0) is 17.6 Å². The molecule has 4 rings (SSSR count). The van der Waals surface area contributed by atoms with E-state index in [0.29, 0.717) is 0 Å². The summed E-state index contributed by atoms with van der Waals surface area (Å²) in [6.07, 6.45) is 2.52. The largest absolute Gasteiger partial charge is 0.497 e. The number of rotatable bonds is 4. The minimum absolute atomic E-state index is 0.0296. The van der Waals surface area contributed by atoms with Gasteiger partial charge in [-0.1, -0.05) is 0 Å². The Hall–Kier alpha value is -2.54. The number of thiophene rings is 1. The van der Waals surface area contributed by atoms with Crippen molar-refractivity contribution in [2.24, 2.45) is 5.92 Å². The van der Waals surface area contributed by atoms with Crippen molar-refractivity contribution >= 4 is 28.8 Å². The molecule has 1 saturated heterocycles. The molecular formula is C23H29N3O3S. The van der Waals surface area contributed by atoms with Crippen LogP contribution in [-0.4, -0.2) is 69.0 Å². The van der Waals surface area contributed by atoms with Crippen molar-refractivity contribution in [3.63, 3.8) is 0 Å². The molecule has 0 spiro atoms. The van der Waals surface area contributed by atoms with Crippen LogP contribution in [0.3, 0.4) is 0 Å². The Morgan fingerprint density at radius 2 is 1.80 bits per heavy atom. The summed E-state index contributed by atoms with van der Waals surface area (Å²) in [6.45, 7) is 3.19. The summed E-state index contributed by atoms with van der Waals surface area (Å²) in [4.78, 5) is 33.4. The van der Waals surface area contributed by atoms with E-state index in [9.17, 15) is 9.59 Å². The molecule has 30 heavy (non-hydrogen) atoms. The molecule has 0 bridgehead atoms. The topological polar surface area (TPSA) is 53.1 Å². The monoisotopic (exact) mass is 427 g/mol. The van der Waals surface area contributed by atoms with Crippen LogP contribution >= 0.6 is 11.3 Å². The summed E-state index contributed by atoms with van der Waals surface area (Å²) in [5, 5.41) is 0. The maximum atomic E-state index is 13.2. The Bertz CT molecular complexity index is 914. The van der Waals surface area contributed by atoms with Crippen molar-refractivity contribution in [1.82, 2.24) is 9.80 Å². The van der Waals surface area contributed by atoms with E-state index in [1.807, 2.05) is 23.1 Å². The predicted molar refractivity (Wildman–Crippen MR) is 120 cm³/mol. The number of benzene rings is 1. The number of carbonyl (C=O) groups is 2. The van der Waals surface area contributed by atoms with Crippen molar-refractivity contribution in [2.75, 3.05) is 52.3 Å². The highest BCUT2D eigenvalue weighted by atomic mass is 32.1. The summed E-state index contributed by atoms with van der Waals surface area (Å²) >= 11 is 1.59. The summed E-state index contributed by atoms with van der Waals surface area (Å²) in [7, 11) is 5.22. The van der Waals surface area contributed by atoms with Crippen molar-refractivity contribution in [2.45, 2.75) is 19.3 Å². The maximum absolute atomic E-state index is 13.2. The van der Waals surface area contributed by atoms with Gasteiger partial charge in [-0.05, 0) is 55.2 Å². The molecule has 1 fully saturated rings. The molecule has 0 N–H and O–H groups in total. The Labute approximate surface area is 182 Å². The molecule has 1 aromatic carbocycles. The third-order valence-electron chi connectivity index (χ3n) is 6.08. The molecular weight excluding hydrogens is 398 g/mol. The molecule has 1 aliphatic carbocycles. The van der Waals surface area contributed by atoms with Crippen LogP contribution in [0.2, 0.25) is 0 Å². The fourth-order valence-electron chi connectivity index (χ4n) is 4.30. The Morgan fingerprint density at radius 3 is 2.43 bits per heavy atom. The number of methoxy groups -OCH3 is 1. The average molecular weight is 428 g/mol. The van der Waals surface area contributed by atoms with Gasteiger partial charge in [-0.2, -0.15) is 0 Å². The van der Waals surface area contributed by atoms with Crippen LogP contribution in [0, 0.1) is 5.92 Å². The molecule has 6 nitrogen and oxygen atoms in total. The third-order valence-corrected chi connectivity index (χ3v) is 7.30. The van der Waals surface area contributed by atoms with Gasteiger partial charge in [0, 0.05) is 56.8 Å². The summed E-state index contributed by atoms with van der Waals surface area (Å²) in [6, 6.07) is 10.1. The van der Waals surface area contributed by atoms with Crippen LogP contribution < -0.4 is 9.64 Å². The van der Waals surface area contributed by atoms with Crippen LogP contribution in [0.1, 0.15) is 26.5 Å². The lowest BCUT2D eigenvalue weighted by Crippen LogP contribution is -2.51. The van der Waals surface area contributed by atoms with Gasteiger partial charge in [0.2, 0.25) is 5.91 Å². The number of fused-ring (bicyclic) bond motifs is 1. The Kier molecular flexibility index (Phi) is 5.99. The van der Waals surface area contributed by atoms with Crippen molar-refractivity contribution in [3.05, 3.63) is 45.6 Å². The SMILES string of the molecule is COc1ccc(N2CCN(C(=O)C3CCc4sc(C(=O)N(C)C)cc4C3)CC2)cc1. The molecule has 1 unspecified atom stereocenters. The molecule has 2 heterocycles. The molecule has 1 aliphatic heterocycles.